The van der Waals surface area contributed by atoms with Gasteiger partial charge in [-0.25, -0.2) is 0 Å². The van der Waals surface area contributed by atoms with Gasteiger partial charge in [-0.05, 0) is 41.1 Å². The number of hydrogen-bond donors (Lipinski definition) is 1. The van der Waals surface area contributed by atoms with Crippen molar-refractivity contribution in [2.75, 3.05) is 12.8 Å². The van der Waals surface area contributed by atoms with E-state index in [1.54, 1.807) is 18.4 Å². The summed E-state index contributed by atoms with van der Waals surface area (Å²) < 4.78 is 12.7. The fourth-order valence-electron chi connectivity index (χ4n) is 1.12. The lowest BCUT2D eigenvalue weighted by Crippen LogP contribution is -2.32. The Bertz CT molecular complexity index is 451. The number of carbonyl (C=O) groups excluding carboxylic acids is 1. The summed E-state index contributed by atoms with van der Waals surface area (Å²) in [5.74, 6) is -0.171. The highest BCUT2D eigenvalue weighted by molar-refractivity contribution is 9.11. The van der Waals surface area contributed by atoms with E-state index >= 15 is 0 Å². The molecule has 0 saturated carbocycles. The van der Waals surface area contributed by atoms with Gasteiger partial charge in [-0.15, -0.1) is 0 Å². The molecule has 1 N–H and O–H groups in total. The van der Waals surface area contributed by atoms with Crippen molar-refractivity contribution in [2.45, 2.75) is 12.2 Å². The summed E-state index contributed by atoms with van der Waals surface area (Å²) in [6.45, 7) is 2.24. The third kappa shape index (κ3) is 4.52. The van der Waals surface area contributed by atoms with Crippen LogP contribution in [-0.2, 0) is 10.8 Å². The second-order valence-corrected chi connectivity index (χ2v) is 7.22. The molecule has 0 bridgehead atoms. The average molecular weight is 383 g/mol. The lowest BCUT2D eigenvalue weighted by molar-refractivity contribution is 0.0953. The normalized spacial score (nSPS) is 14.1. The zero-order valence-corrected chi connectivity index (χ0v) is 13.5. The maximum atomic E-state index is 11.9. The van der Waals surface area contributed by atoms with Gasteiger partial charge in [0, 0.05) is 37.8 Å². The predicted molar refractivity (Wildman–Crippen MR) is 77.7 cm³/mol. The van der Waals surface area contributed by atoms with Crippen LogP contribution in [-0.4, -0.2) is 28.2 Å². The van der Waals surface area contributed by atoms with Crippen molar-refractivity contribution in [3.8, 4) is 0 Å². The maximum Gasteiger partial charge on any atom is 0.252 e. The molecule has 0 saturated heterocycles. The summed E-state index contributed by atoms with van der Waals surface area (Å²) >= 11 is 6.64. The molecule has 0 aliphatic carbocycles. The van der Waals surface area contributed by atoms with Crippen LogP contribution < -0.4 is 5.32 Å². The van der Waals surface area contributed by atoms with Crippen molar-refractivity contribution in [1.29, 1.82) is 0 Å². The molecule has 0 heterocycles. The van der Waals surface area contributed by atoms with Crippen LogP contribution in [0.15, 0.2) is 27.1 Å². The molecule has 1 aromatic rings. The molecule has 2 unspecified atom stereocenters. The SMILES string of the molecule is CC(CNC(=O)c1cc(Br)ccc1Br)S(C)=O. The van der Waals surface area contributed by atoms with Crippen LogP contribution in [0.25, 0.3) is 0 Å². The summed E-state index contributed by atoms with van der Waals surface area (Å²) in [6, 6.07) is 5.40. The smallest absolute Gasteiger partial charge is 0.252 e. The van der Waals surface area contributed by atoms with E-state index in [4.69, 9.17) is 0 Å². The summed E-state index contributed by atoms with van der Waals surface area (Å²) in [4.78, 5) is 11.9. The van der Waals surface area contributed by atoms with Gasteiger partial charge in [0.2, 0.25) is 0 Å². The Labute approximate surface area is 120 Å². The summed E-state index contributed by atoms with van der Waals surface area (Å²) in [5.41, 5.74) is 0.563. The predicted octanol–water partition coefficient (Wildman–Crippen LogP) is 2.71. The molecular formula is C11H13Br2NO2S. The highest BCUT2D eigenvalue weighted by Crippen LogP contribution is 2.21. The standard InChI is InChI=1S/C11H13Br2NO2S/c1-7(17(2)16)6-14-11(15)9-5-8(12)3-4-10(9)13/h3-5,7H,6H2,1-2H3,(H,14,15). The minimum atomic E-state index is -0.929. The topological polar surface area (TPSA) is 46.2 Å². The molecule has 0 radical (unpaired) electrons. The van der Waals surface area contributed by atoms with Crippen molar-refractivity contribution in [3.63, 3.8) is 0 Å². The second kappa shape index (κ2) is 6.66. The van der Waals surface area contributed by atoms with Gasteiger partial charge in [-0.3, -0.25) is 9.00 Å². The molecule has 6 heteroatoms. The molecule has 1 rings (SSSR count). The first-order valence-electron chi connectivity index (χ1n) is 4.97. The number of rotatable bonds is 4. The van der Waals surface area contributed by atoms with Gasteiger partial charge >= 0.3 is 0 Å². The Hall–Kier alpha value is -0.200. The molecule has 3 nitrogen and oxygen atoms in total. The quantitative estimate of drug-likeness (QED) is 0.870. The Morgan fingerprint density at radius 1 is 1.47 bits per heavy atom. The van der Waals surface area contributed by atoms with Gasteiger partial charge in [0.15, 0.2) is 0 Å². The van der Waals surface area contributed by atoms with Crippen LogP contribution in [0.4, 0.5) is 0 Å². The van der Waals surface area contributed by atoms with Gasteiger partial charge < -0.3 is 5.32 Å². The van der Waals surface area contributed by atoms with Gasteiger partial charge in [0.1, 0.15) is 0 Å². The molecule has 1 amide bonds. The van der Waals surface area contributed by atoms with Crippen molar-refractivity contribution < 1.29 is 9.00 Å². The van der Waals surface area contributed by atoms with E-state index in [0.29, 0.717) is 12.1 Å². The van der Waals surface area contributed by atoms with E-state index in [0.717, 1.165) is 8.95 Å². The van der Waals surface area contributed by atoms with Crippen molar-refractivity contribution in [3.05, 3.63) is 32.7 Å². The minimum absolute atomic E-state index is 0.0510. The van der Waals surface area contributed by atoms with Crippen LogP contribution in [0.3, 0.4) is 0 Å². The number of halogens is 2. The number of carbonyl (C=O) groups is 1. The van der Waals surface area contributed by atoms with Crippen molar-refractivity contribution in [2.24, 2.45) is 0 Å². The fraction of sp³-hybridized carbons (Fsp3) is 0.364. The first-order valence-corrected chi connectivity index (χ1v) is 8.18. The number of hydrogen-bond acceptors (Lipinski definition) is 2. The molecule has 94 valence electrons. The van der Waals surface area contributed by atoms with Gasteiger partial charge in [-0.2, -0.15) is 0 Å². The molecule has 0 aliphatic rings. The minimum Gasteiger partial charge on any atom is -0.351 e. The molecule has 2 atom stereocenters. The number of amides is 1. The van der Waals surface area contributed by atoms with Gasteiger partial charge in [0.25, 0.3) is 5.91 Å². The van der Waals surface area contributed by atoms with E-state index in [2.05, 4.69) is 37.2 Å². The molecule has 0 spiro atoms. The first kappa shape index (κ1) is 14.9. The number of benzene rings is 1. The second-order valence-electron chi connectivity index (χ2n) is 3.64. The Morgan fingerprint density at radius 3 is 2.71 bits per heavy atom. The fourth-order valence-corrected chi connectivity index (χ4v) is 2.23. The van der Waals surface area contributed by atoms with E-state index in [1.807, 2.05) is 13.0 Å². The molecule has 0 aromatic heterocycles. The Kier molecular flexibility index (Phi) is 5.82. The third-order valence-electron chi connectivity index (χ3n) is 2.29. The molecule has 0 fully saturated rings. The van der Waals surface area contributed by atoms with Gasteiger partial charge in [-0.1, -0.05) is 15.9 Å². The van der Waals surface area contributed by atoms with Crippen LogP contribution in [0.1, 0.15) is 17.3 Å². The van der Waals surface area contributed by atoms with Crippen molar-refractivity contribution >= 4 is 48.6 Å². The van der Waals surface area contributed by atoms with Crippen LogP contribution in [0.2, 0.25) is 0 Å². The largest absolute Gasteiger partial charge is 0.351 e. The van der Waals surface area contributed by atoms with E-state index in [9.17, 15) is 9.00 Å². The van der Waals surface area contributed by atoms with Crippen LogP contribution in [0.5, 0.6) is 0 Å². The third-order valence-corrected chi connectivity index (χ3v) is 4.77. The van der Waals surface area contributed by atoms with E-state index < -0.39 is 10.8 Å². The van der Waals surface area contributed by atoms with E-state index in [-0.39, 0.29) is 11.2 Å². The average Bonchev–Trinajstić information content (AvgIpc) is 2.28. The lowest BCUT2D eigenvalue weighted by atomic mass is 10.2. The zero-order valence-electron chi connectivity index (χ0n) is 9.50. The Balaban J connectivity index is 2.70. The maximum absolute atomic E-state index is 11.9. The van der Waals surface area contributed by atoms with Gasteiger partial charge in [0.05, 0.1) is 5.56 Å². The van der Waals surface area contributed by atoms with E-state index in [1.165, 1.54) is 0 Å². The lowest BCUT2D eigenvalue weighted by Gasteiger charge is -2.11. The first-order chi connectivity index (χ1) is 7.91. The monoisotopic (exact) mass is 381 g/mol. The molecule has 17 heavy (non-hydrogen) atoms. The zero-order chi connectivity index (χ0) is 13.0. The summed E-state index contributed by atoms with van der Waals surface area (Å²) in [6.07, 6.45) is 1.63. The summed E-state index contributed by atoms with van der Waals surface area (Å²) in [5, 5.41) is 2.71. The van der Waals surface area contributed by atoms with Crippen LogP contribution >= 0.6 is 31.9 Å². The van der Waals surface area contributed by atoms with Crippen LogP contribution in [0, 0.1) is 0 Å². The molecular weight excluding hydrogens is 370 g/mol. The van der Waals surface area contributed by atoms with Crippen molar-refractivity contribution in [1.82, 2.24) is 5.32 Å². The molecule has 1 aromatic carbocycles. The Morgan fingerprint density at radius 2 is 2.12 bits per heavy atom. The summed E-state index contributed by atoms with van der Waals surface area (Å²) in [7, 11) is -0.929. The molecule has 0 aliphatic heterocycles. The highest BCUT2D eigenvalue weighted by Gasteiger charge is 2.12. The number of nitrogens with one attached hydrogen (secondary N) is 1. The highest BCUT2D eigenvalue weighted by atomic mass is 79.9.